The van der Waals surface area contributed by atoms with Gasteiger partial charge in [0.25, 0.3) is 0 Å². The normalized spacial score (nSPS) is 21.6. The van der Waals surface area contributed by atoms with Crippen LogP contribution in [0.4, 0.5) is 0 Å². The van der Waals surface area contributed by atoms with Crippen molar-refractivity contribution < 1.29 is 14.6 Å². The predicted octanol–water partition coefficient (Wildman–Crippen LogP) is 0.396. The summed E-state index contributed by atoms with van der Waals surface area (Å²) in [7, 11) is 0. The quantitative estimate of drug-likeness (QED) is 0.655. The summed E-state index contributed by atoms with van der Waals surface area (Å²) < 4.78 is 5.23. The van der Waals surface area contributed by atoms with Crippen LogP contribution in [-0.2, 0) is 9.53 Å². The molecular weight excluding hydrogens is 182 g/mol. The van der Waals surface area contributed by atoms with Gasteiger partial charge in [0.05, 0.1) is 19.1 Å². The van der Waals surface area contributed by atoms with Crippen molar-refractivity contribution in [2.24, 2.45) is 0 Å². The SMILES string of the molecule is CCCOCCC(=O)N1CC[C@@H](O)C1. The molecule has 1 aliphatic heterocycles. The largest absolute Gasteiger partial charge is 0.391 e. The number of ether oxygens (including phenoxy) is 1. The van der Waals surface area contributed by atoms with Crippen LogP contribution in [0.25, 0.3) is 0 Å². The third-order valence-corrected chi connectivity index (χ3v) is 2.32. The third kappa shape index (κ3) is 3.64. The molecule has 4 heteroatoms. The first-order valence-corrected chi connectivity index (χ1v) is 5.27. The van der Waals surface area contributed by atoms with E-state index >= 15 is 0 Å². The summed E-state index contributed by atoms with van der Waals surface area (Å²) >= 11 is 0. The summed E-state index contributed by atoms with van der Waals surface area (Å²) in [6.45, 7) is 4.44. The van der Waals surface area contributed by atoms with Crippen molar-refractivity contribution in [2.45, 2.75) is 32.3 Å². The van der Waals surface area contributed by atoms with Gasteiger partial charge < -0.3 is 14.7 Å². The molecule has 1 amide bonds. The molecule has 0 bridgehead atoms. The number of hydrogen-bond acceptors (Lipinski definition) is 3. The maximum Gasteiger partial charge on any atom is 0.224 e. The first-order valence-electron chi connectivity index (χ1n) is 5.27. The second kappa shape index (κ2) is 5.98. The van der Waals surface area contributed by atoms with Gasteiger partial charge in [-0.15, -0.1) is 0 Å². The number of β-amino-alcohol motifs (C(OH)–C–C–N with tert-alkyl or cyclic N) is 1. The van der Waals surface area contributed by atoms with E-state index < -0.39 is 0 Å². The van der Waals surface area contributed by atoms with E-state index in [2.05, 4.69) is 0 Å². The molecule has 0 spiro atoms. The average molecular weight is 201 g/mol. The number of carbonyl (C=O) groups is 1. The lowest BCUT2D eigenvalue weighted by Crippen LogP contribution is -2.30. The lowest BCUT2D eigenvalue weighted by atomic mass is 10.3. The second-order valence-corrected chi connectivity index (χ2v) is 3.64. The highest BCUT2D eigenvalue weighted by Gasteiger charge is 2.23. The van der Waals surface area contributed by atoms with Crippen LogP contribution in [0.5, 0.6) is 0 Å². The molecular formula is C10H19NO3. The number of hydrogen-bond donors (Lipinski definition) is 1. The van der Waals surface area contributed by atoms with Gasteiger partial charge in [0.1, 0.15) is 0 Å². The van der Waals surface area contributed by atoms with Crippen LogP contribution < -0.4 is 0 Å². The van der Waals surface area contributed by atoms with Crippen molar-refractivity contribution in [1.29, 1.82) is 0 Å². The molecule has 1 saturated heterocycles. The third-order valence-electron chi connectivity index (χ3n) is 2.32. The molecule has 1 N–H and O–H groups in total. The Morgan fingerprint density at radius 2 is 2.36 bits per heavy atom. The molecule has 1 fully saturated rings. The van der Waals surface area contributed by atoms with Gasteiger partial charge in [-0.2, -0.15) is 0 Å². The van der Waals surface area contributed by atoms with Crippen LogP contribution in [0.3, 0.4) is 0 Å². The first kappa shape index (κ1) is 11.5. The van der Waals surface area contributed by atoms with Gasteiger partial charge in [0.15, 0.2) is 0 Å². The summed E-state index contributed by atoms with van der Waals surface area (Å²) in [5, 5.41) is 9.23. The van der Waals surface area contributed by atoms with Gasteiger partial charge in [0, 0.05) is 19.7 Å². The Morgan fingerprint density at radius 1 is 1.57 bits per heavy atom. The minimum atomic E-state index is -0.324. The van der Waals surface area contributed by atoms with E-state index in [4.69, 9.17) is 4.74 Å². The fourth-order valence-corrected chi connectivity index (χ4v) is 1.53. The second-order valence-electron chi connectivity index (χ2n) is 3.64. The molecule has 0 aromatic heterocycles. The summed E-state index contributed by atoms with van der Waals surface area (Å²) in [5.74, 6) is 0.0950. The van der Waals surface area contributed by atoms with Gasteiger partial charge in [-0.05, 0) is 12.8 Å². The maximum atomic E-state index is 11.5. The highest BCUT2D eigenvalue weighted by Crippen LogP contribution is 2.09. The van der Waals surface area contributed by atoms with Gasteiger partial charge in [-0.1, -0.05) is 6.92 Å². The Hall–Kier alpha value is -0.610. The molecule has 1 heterocycles. The van der Waals surface area contributed by atoms with Crippen LogP contribution in [0.15, 0.2) is 0 Å². The molecule has 1 atom stereocenters. The Balaban J connectivity index is 2.09. The van der Waals surface area contributed by atoms with Crippen molar-refractivity contribution in [3.05, 3.63) is 0 Å². The van der Waals surface area contributed by atoms with Crippen molar-refractivity contribution in [3.63, 3.8) is 0 Å². The van der Waals surface area contributed by atoms with Crippen molar-refractivity contribution >= 4 is 5.91 Å². The van der Waals surface area contributed by atoms with E-state index in [0.29, 0.717) is 32.5 Å². The van der Waals surface area contributed by atoms with Gasteiger partial charge >= 0.3 is 0 Å². The Bertz CT molecular complexity index is 184. The van der Waals surface area contributed by atoms with Crippen molar-refractivity contribution in [2.75, 3.05) is 26.3 Å². The molecule has 1 aliphatic rings. The zero-order valence-electron chi connectivity index (χ0n) is 8.74. The number of likely N-dealkylation sites (tertiary alicyclic amines) is 1. The average Bonchev–Trinajstić information content (AvgIpc) is 2.59. The summed E-state index contributed by atoms with van der Waals surface area (Å²) in [4.78, 5) is 13.2. The summed E-state index contributed by atoms with van der Waals surface area (Å²) in [6, 6.07) is 0. The fraction of sp³-hybridized carbons (Fsp3) is 0.900. The molecule has 82 valence electrons. The Labute approximate surface area is 84.8 Å². The fourth-order valence-electron chi connectivity index (χ4n) is 1.53. The molecule has 4 nitrogen and oxygen atoms in total. The highest BCUT2D eigenvalue weighted by molar-refractivity contribution is 5.76. The minimum absolute atomic E-state index is 0.0950. The van der Waals surface area contributed by atoms with Crippen LogP contribution in [0, 0.1) is 0 Å². The van der Waals surface area contributed by atoms with Crippen molar-refractivity contribution in [3.8, 4) is 0 Å². The first-order chi connectivity index (χ1) is 6.74. The van der Waals surface area contributed by atoms with Gasteiger partial charge in [-0.25, -0.2) is 0 Å². The van der Waals surface area contributed by atoms with Crippen LogP contribution in [-0.4, -0.2) is 48.3 Å². The molecule has 0 unspecified atom stereocenters. The van der Waals surface area contributed by atoms with Gasteiger partial charge in [0.2, 0.25) is 5.91 Å². The maximum absolute atomic E-state index is 11.5. The number of rotatable bonds is 5. The number of amides is 1. The minimum Gasteiger partial charge on any atom is -0.391 e. The van der Waals surface area contributed by atoms with E-state index in [0.717, 1.165) is 13.0 Å². The lowest BCUT2D eigenvalue weighted by Gasteiger charge is -2.15. The summed E-state index contributed by atoms with van der Waals surface area (Å²) in [5.41, 5.74) is 0. The van der Waals surface area contributed by atoms with Crippen LogP contribution in [0.1, 0.15) is 26.2 Å². The molecule has 0 radical (unpaired) electrons. The smallest absolute Gasteiger partial charge is 0.224 e. The molecule has 0 aromatic rings. The Morgan fingerprint density at radius 3 is 2.93 bits per heavy atom. The van der Waals surface area contributed by atoms with Crippen LogP contribution in [0.2, 0.25) is 0 Å². The molecule has 14 heavy (non-hydrogen) atoms. The van der Waals surface area contributed by atoms with E-state index in [1.165, 1.54) is 0 Å². The standard InChI is InChI=1S/C10H19NO3/c1-2-6-14-7-4-10(13)11-5-3-9(12)8-11/h9,12H,2-8H2,1H3/t9-/m1/s1. The Kier molecular flexibility index (Phi) is 4.90. The zero-order chi connectivity index (χ0) is 10.4. The zero-order valence-corrected chi connectivity index (χ0v) is 8.74. The highest BCUT2D eigenvalue weighted by atomic mass is 16.5. The monoisotopic (exact) mass is 201 g/mol. The molecule has 0 saturated carbocycles. The molecule has 0 aromatic carbocycles. The van der Waals surface area contributed by atoms with Crippen LogP contribution >= 0.6 is 0 Å². The van der Waals surface area contributed by atoms with Gasteiger partial charge in [-0.3, -0.25) is 4.79 Å². The topological polar surface area (TPSA) is 49.8 Å². The molecule has 1 rings (SSSR count). The number of aliphatic hydroxyl groups excluding tert-OH is 1. The molecule has 0 aliphatic carbocycles. The van der Waals surface area contributed by atoms with E-state index in [9.17, 15) is 9.90 Å². The van der Waals surface area contributed by atoms with E-state index in [1.807, 2.05) is 6.92 Å². The van der Waals surface area contributed by atoms with E-state index in [-0.39, 0.29) is 12.0 Å². The lowest BCUT2D eigenvalue weighted by molar-refractivity contribution is -0.131. The van der Waals surface area contributed by atoms with Crippen molar-refractivity contribution in [1.82, 2.24) is 4.90 Å². The number of nitrogens with zero attached hydrogens (tertiary/aromatic N) is 1. The van der Waals surface area contributed by atoms with E-state index in [1.54, 1.807) is 4.90 Å². The number of aliphatic hydroxyl groups is 1. The number of carbonyl (C=O) groups excluding carboxylic acids is 1. The predicted molar refractivity (Wildman–Crippen MR) is 52.9 cm³/mol. The summed E-state index contributed by atoms with van der Waals surface area (Å²) in [6.07, 6.45) is 1.81.